The topological polar surface area (TPSA) is 88.8 Å². The summed E-state index contributed by atoms with van der Waals surface area (Å²) < 4.78 is 10.3. The minimum absolute atomic E-state index is 0.233. The molecule has 1 aliphatic rings. The van der Waals surface area contributed by atoms with Crippen molar-refractivity contribution in [2.45, 2.75) is 26.2 Å². The number of carboxylic acid groups (broad SMARTS) is 1. The smallest absolute Gasteiger partial charge is 0.371 e. The second-order valence-corrected chi connectivity index (χ2v) is 6.31. The number of benzene rings is 1. The average molecular weight is 367 g/mol. The highest BCUT2D eigenvalue weighted by Gasteiger charge is 2.19. The third-order valence-corrected chi connectivity index (χ3v) is 4.49. The number of hydrogen-bond acceptors (Lipinski definition) is 4. The van der Waals surface area contributed by atoms with E-state index >= 15 is 0 Å². The van der Waals surface area contributed by atoms with Crippen LogP contribution in [0.5, 0.6) is 5.75 Å². The molecule has 0 bridgehead atoms. The van der Waals surface area contributed by atoms with Gasteiger partial charge >= 0.3 is 5.97 Å². The van der Waals surface area contributed by atoms with Crippen molar-refractivity contribution in [1.29, 1.82) is 0 Å². The van der Waals surface area contributed by atoms with E-state index in [0.29, 0.717) is 0 Å². The fraction of sp³-hybridized carbons (Fsp3) is 0.238. The number of carbonyl (C=O) groups excluding carboxylic acids is 1. The van der Waals surface area contributed by atoms with Gasteiger partial charge in [0, 0.05) is 11.8 Å². The van der Waals surface area contributed by atoms with Gasteiger partial charge in [0.05, 0.1) is 12.7 Å². The zero-order valence-electron chi connectivity index (χ0n) is 15.2. The second kappa shape index (κ2) is 7.95. The number of furan rings is 1. The maximum atomic E-state index is 12.5. The van der Waals surface area contributed by atoms with Crippen LogP contribution in [0.15, 0.2) is 52.6 Å². The van der Waals surface area contributed by atoms with Gasteiger partial charge in [-0.25, -0.2) is 4.79 Å². The van der Waals surface area contributed by atoms with Crippen molar-refractivity contribution in [1.82, 2.24) is 5.32 Å². The van der Waals surface area contributed by atoms with Gasteiger partial charge in [0.15, 0.2) is 0 Å². The third kappa shape index (κ3) is 4.28. The van der Waals surface area contributed by atoms with Crippen LogP contribution < -0.4 is 10.1 Å². The number of nitrogens with one attached hydrogen (secondary N) is 1. The zero-order chi connectivity index (χ0) is 19.4. The van der Waals surface area contributed by atoms with E-state index in [2.05, 4.69) is 5.32 Å². The molecule has 0 radical (unpaired) electrons. The number of carboxylic acids is 1. The predicted octanol–water partition coefficient (Wildman–Crippen LogP) is 4.18. The predicted molar refractivity (Wildman–Crippen MR) is 101 cm³/mol. The Hall–Kier alpha value is -3.28. The first-order valence-corrected chi connectivity index (χ1v) is 8.67. The average Bonchev–Trinajstić information content (AvgIpc) is 2.91. The molecule has 2 aromatic rings. The van der Waals surface area contributed by atoms with Crippen molar-refractivity contribution in [3.8, 4) is 5.75 Å². The van der Waals surface area contributed by atoms with E-state index in [-0.39, 0.29) is 23.0 Å². The highest BCUT2D eigenvalue weighted by Crippen LogP contribution is 2.27. The van der Waals surface area contributed by atoms with Crippen molar-refractivity contribution in [2.75, 3.05) is 7.11 Å². The van der Waals surface area contributed by atoms with E-state index in [4.69, 9.17) is 14.3 Å². The van der Waals surface area contributed by atoms with E-state index in [9.17, 15) is 9.59 Å². The van der Waals surface area contributed by atoms with Crippen LogP contribution in [0.25, 0.3) is 5.57 Å². The van der Waals surface area contributed by atoms with Crippen molar-refractivity contribution >= 4 is 17.4 Å². The summed E-state index contributed by atoms with van der Waals surface area (Å²) in [4.78, 5) is 23.4. The van der Waals surface area contributed by atoms with E-state index < -0.39 is 5.97 Å². The normalized spacial score (nSPS) is 14.0. The fourth-order valence-electron chi connectivity index (χ4n) is 3.01. The van der Waals surface area contributed by atoms with Crippen LogP contribution in [0.3, 0.4) is 0 Å². The SMILES string of the molecule is COc1ccc(C2=CC=C(NC(=O)c3cc(C(=O)O)oc3C)CCC2)cc1. The standard InChI is InChI=1S/C21H21NO5/c1-13-18(12-19(27-13)21(24)25)20(23)22-16-5-3-4-14(6-9-16)15-7-10-17(26-2)11-8-15/h6-12H,3-5H2,1-2H3,(H,22,23)(H,24,25). The van der Waals surface area contributed by atoms with Crippen LogP contribution in [0.1, 0.15) is 51.5 Å². The lowest BCUT2D eigenvalue weighted by atomic mass is 10.0. The summed E-state index contributed by atoms with van der Waals surface area (Å²) in [5, 5.41) is 11.8. The molecule has 1 aromatic carbocycles. The van der Waals surface area contributed by atoms with Crippen LogP contribution in [0.2, 0.25) is 0 Å². The molecule has 0 atom stereocenters. The summed E-state index contributed by atoms with van der Waals surface area (Å²) in [5.74, 6) is -0.704. The number of amides is 1. The van der Waals surface area contributed by atoms with Crippen molar-refractivity contribution < 1.29 is 23.8 Å². The highest BCUT2D eigenvalue weighted by atomic mass is 16.5. The minimum atomic E-state index is -1.20. The molecule has 1 heterocycles. The fourth-order valence-corrected chi connectivity index (χ4v) is 3.01. The van der Waals surface area contributed by atoms with Crippen molar-refractivity contribution in [2.24, 2.45) is 0 Å². The largest absolute Gasteiger partial charge is 0.497 e. The van der Waals surface area contributed by atoms with Crippen LogP contribution in [0, 0.1) is 6.92 Å². The summed E-state index contributed by atoms with van der Waals surface area (Å²) in [6.45, 7) is 1.57. The molecule has 1 aromatic heterocycles. The van der Waals surface area contributed by atoms with Gasteiger partial charge in [-0.15, -0.1) is 0 Å². The molecule has 6 nitrogen and oxygen atoms in total. The molecule has 0 unspecified atom stereocenters. The number of aromatic carboxylic acids is 1. The summed E-state index contributed by atoms with van der Waals surface area (Å²) in [6, 6.07) is 9.14. The van der Waals surface area contributed by atoms with E-state index in [0.717, 1.165) is 36.3 Å². The second-order valence-electron chi connectivity index (χ2n) is 6.31. The summed E-state index contributed by atoms with van der Waals surface area (Å²) in [6.07, 6.45) is 6.43. The monoisotopic (exact) mass is 367 g/mol. The lowest BCUT2D eigenvalue weighted by Crippen LogP contribution is -2.22. The Morgan fingerprint density at radius 1 is 1.15 bits per heavy atom. The molecule has 2 N–H and O–H groups in total. The molecule has 1 aliphatic carbocycles. The van der Waals surface area contributed by atoms with Gasteiger partial charge in [-0.1, -0.05) is 18.2 Å². The number of allylic oxidation sites excluding steroid dienone is 4. The molecule has 0 spiro atoms. The third-order valence-electron chi connectivity index (χ3n) is 4.49. The molecular weight excluding hydrogens is 346 g/mol. The van der Waals surface area contributed by atoms with Crippen LogP contribution in [-0.4, -0.2) is 24.1 Å². The maximum Gasteiger partial charge on any atom is 0.371 e. The van der Waals surface area contributed by atoms with Crippen LogP contribution >= 0.6 is 0 Å². The first-order valence-electron chi connectivity index (χ1n) is 8.67. The van der Waals surface area contributed by atoms with E-state index in [1.54, 1.807) is 14.0 Å². The molecule has 0 saturated heterocycles. The lowest BCUT2D eigenvalue weighted by Gasteiger charge is -2.08. The number of aryl methyl sites for hydroxylation is 1. The van der Waals surface area contributed by atoms with Gasteiger partial charge in [-0.2, -0.15) is 0 Å². The van der Waals surface area contributed by atoms with E-state index in [1.807, 2.05) is 36.4 Å². The van der Waals surface area contributed by atoms with Crippen LogP contribution in [-0.2, 0) is 0 Å². The molecule has 0 aliphatic heterocycles. The van der Waals surface area contributed by atoms with Gasteiger partial charge in [-0.3, -0.25) is 4.79 Å². The minimum Gasteiger partial charge on any atom is -0.497 e. The number of rotatable bonds is 5. The number of carbonyl (C=O) groups is 2. The zero-order valence-corrected chi connectivity index (χ0v) is 15.2. The molecule has 1 amide bonds. The number of hydrogen-bond donors (Lipinski definition) is 2. The maximum absolute atomic E-state index is 12.5. The Kier molecular flexibility index (Phi) is 5.45. The summed E-state index contributed by atoms with van der Waals surface area (Å²) in [5.41, 5.74) is 3.34. The Morgan fingerprint density at radius 2 is 1.89 bits per heavy atom. The summed E-state index contributed by atoms with van der Waals surface area (Å²) >= 11 is 0. The van der Waals surface area contributed by atoms with Crippen molar-refractivity contribution in [3.63, 3.8) is 0 Å². The van der Waals surface area contributed by atoms with Gasteiger partial charge < -0.3 is 19.6 Å². The van der Waals surface area contributed by atoms with E-state index in [1.165, 1.54) is 11.6 Å². The van der Waals surface area contributed by atoms with Gasteiger partial charge in [-0.05, 0) is 55.5 Å². The number of ether oxygens (including phenoxy) is 1. The lowest BCUT2D eigenvalue weighted by molar-refractivity contribution is 0.0660. The first-order chi connectivity index (χ1) is 13.0. The molecule has 3 rings (SSSR count). The van der Waals surface area contributed by atoms with Gasteiger partial charge in [0.25, 0.3) is 5.91 Å². The van der Waals surface area contributed by atoms with Gasteiger partial charge in [0.2, 0.25) is 5.76 Å². The Labute approximate surface area is 157 Å². The molecule has 6 heteroatoms. The Balaban J connectivity index is 1.75. The highest BCUT2D eigenvalue weighted by molar-refractivity contribution is 5.98. The molecular formula is C21H21NO5. The Morgan fingerprint density at radius 3 is 2.52 bits per heavy atom. The van der Waals surface area contributed by atoms with Crippen molar-refractivity contribution in [3.05, 3.63) is 70.8 Å². The number of methoxy groups -OCH3 is 1. The Bertz CT molecular complexity index is 919. The van der Waals surface area contributed by atoms with Crippen LogP contribution in [0.4, 0.5) is 0 Å². The molecule has 0 saturated carbocycles. The van der Waals surface area contributed by atoms with Gasteiger partial charge in [0.1, 0.15) is 11.5 Å². The first kappa shape index (κ1) is 18.5. The molecule has 27 heavy (non-hydrogen) atoms. The molecule has 140 valence electrons. The quantitative estimate of drug-likeness (QED) is 0.828. The molecule has 0 fully saturated rings. The summed E-state index contributed by atoms with van der Waals surface area (Å²) in [7, 11) is 1.64.